The first-order valence-electron chi connectivity index (χ1n) is 6.86. The highest BCUT2D eigenvalue weighted by molar-refractivity contribution is 7.18. The third kappa shape index (κ3) is 3.07. The molecule has 6 nitrogen and oxygen atoms in total. The second-order valence-electron chi connectivity index (χ2n) is 4.96. The number of primary amides is 1. The van der Waals surface area contributed by atoms with Crippen LogP contribution in [0.3, 0.4) is 0 Å². The Morgan fingerprint density at radius 2 is 2.05 bits per heavy atom. The van der Waals surface area contributed by atoms with Crippen LogP contribution in [0, 0.1) is 12.8 Å². The van der Waals surface area contributed by atoms with Gasteiger partial charge in [0.2, 0.25) is 5.91 Å². The number of ether oxygens (including phenoxy) is 1. The molecule has 21 heavy (non-hydrogen) atoms. The molecule has 0 aliphatic heterocycles. The second-order valence-corrected chi connectivity index (χ2v) is 5.98. The molecular weight excluding hydrogens is 292 g/mol. The predicted octanol–water partition coefficient (Wildman–Crippen LogP) is 2.07. The molecule has 0 saturated heterocycles. The van der Waals surface area contributed by atoms with Crippen LogP contribution >= 0.6 is 11.3 Å². The first kappa shape index (κ1) is 15.5. The van der Waals surface area contributed by atoms with Crippen LogP contribution < -0.4 is 11.1 Å². The maximum atomic E-state index is 12.0. The lowest BCUT2D eigenvalue weighted by atomic mass is 9.85. The lowest BCUT2D eigenvalue weighted by Crippen LogP contribution is -2.28. The van der Waals surface area contributed by atoms with Crippen LogP contribution in [0.5, 0.6) is 0 Å². The van der Waals surface area contributed by atoms with Crippen molar-refractivity contribution in [1.82, 2.24) is 0 Å². The molecule has 1 saturated carbocycles. The Bertz CT molecular complexity index is 590. The molecule has 3 N–H and O–H groups in total. The van der Waals surface area contributed by atoms with E-state index in [0.717, 1.165) is 30.6 Å². The van der Waals surface area contributed by atoms with Crippen molar-refractivity contribution >= 4 is 34.1 Å². The Labute approximate surface area is 126 Å². The first-order chi connectivity index (χ1) is 9.95. The van der Waals surface area contributed by atoms with E-state index >= 15 is 0 Å². The van der Waals surface area contributed by atoms with Gasteiger partial charge in [-0.05, 0) is 32.3 Å². The van der Waals surface area contributed by atoms with Gasteiger partial charge in [0.05, 0.1) is 17.0 Å². The highest BCUT2D eigenvalue weighted by Gasteiger charge is 2.29. The van der Waals surface area contributed by atoms with Crippen LogP contribution in [-0.2, 0) is 9.53 Å². The number of nitrogens with two attached hydrogens (primary N) is 1. The number of amides is 2. The van der Waals surface area contributed by atoms with Crippen LogP contribution in [0.4, 0.5) is 5.00 Å². The average Bonchev–Trinajstić information content (AvgIpc) is 2.64. The minimum absolute atomic E-state index is 0.0144. The van der Waals surface area contributed by atoms with Gasteiger partial charge in [0.15, 0.2) is 0 Å². The van der Waals surface area contributed by atoms with Crippen LogP contribution in [0.2, 0.25) is 0 Å². The Hall–Kier alpha value is -1.89. The largest absolute Gasteiger partial charge is 0.462 e. The first-order valence-corrected chi connectivity index (χ1v) is 7.68. The van der Waals surface area contributed by atoms with Crippen molar-refractivity contribution < 1.29 is 19.1 Å². The maximum Gasteiger partial charge on any atom is 0.341 e. The molecule has 0 radical (unpaired) electrons. The number of thiophene rings is 1. The lowest BCUT2D eigenvalue weighted by Gasteiger charge is -2.23. The maximum absolute atomic E-state index is 12.0. The zero-order valence-electron chi connectivity index (χ0n) is 12.0. The van der Waals surface area contributed by atoms with Gasteiger partial charge in [0.1, 0.15) is 5.00 Å². The summed E-state index contributed by atoms with van der Waals surface area (Å²) in [5.74, 6) is -1.31. The zero-order valence-corrected chi connectivity index (χ0v) is 12.8. The smallest absolute Gasteiger partial charge is 0.341 e. The van der Waals surface area contributed by atoms with E-state index in [1.807, 2.05) is 0 Å². The number of rotatable bonds is 5. The molecule has 0 unspecified atom stereocenters. The van der Waals surface area contributed by atoms with Gasteiger partial charge in [-0.1, -0.05) is 6.42 Å². The molecule has 1 aliphatic rings. The fraction of sp³-hybridized carbons (Fsp3) is 0.500. The van der Waals surface area contributed by atoms with Gasteiger partial charge >= 0.3 is 5.97 Å². The molecule has 7 heteroatoms. The summed E-state index contributed by atoms with van der Waals surface area (Å²) < 4.78 is 4.99. The fourth-order valence-electron chi connectivity index (χ4n) is 2.17. The van der Waals surface area contributed by atoms with Crippen LogP contribution in [0.1, 0.15) is 51.8 Å². The van der Waals surface area contributed by atoms with E-state index < -0.39 is 11.9 Å². The van der Waals surface area contributed by atoms with Crippen molar-refractivity contribution in [3.8, 4) is 0 Å². The quantitative estimate of drug-likeness (QED) is 0.813. The van der Waals surface area contributed by atoms with E-state index in [1.54, 1.807) is 13.8 Å². The molecule has 114 valence electrons. The van der Waals surface area contributed by atoms with E-state index in [4.69, 9.17) is 10.5 Å². The number of hydrogen-bond donors (Lipinski definition) is 2. The molecule has 1 aromatic heterocycles. The van der Waals surface area contributed by atoms with E-state index in [9.17, 15) is 14.4 Å². The Kier molecular flexibility index (Phi) is 4.62. The molecule has 0 bridgehead atoms. The standard InChI is InChI=1S/C14H18N2O4S/c1-3-20-14(19)9-7(2)10(11(15)17)21-13(9)16-12(18)8-5-4-6-8/h8H,3-6H2,1-2H3,(H2,15,17)(H,16,18). The number of carbonyl (C=O) groups excluding carboxylic acids is 3. The minimum atomic E-state index is -0.618. The van der Waals surface area contributed by atoms with Crippen LogP contribution in [-0.4, -0.2) is 24.4 Å². The topological polar surface area (TPSA) is 98.5 Å². The van der Waals surface area contributed by atoms with Crippen molar-refractivity contribution in [3.63, 3.8) is 0 Å². The normalized spacial score (nSPS) is 14.4. The van der Waals surface area contributed by atoms with Crippen LogP contribution in [0.25, 0.3) is 0 Å². The van der Waals surface area contributed by atoms with Gasteiger partial charge in [0.25, 0.3) is 5.91 Å². The Balaban J connectivity index is 2.33. The van der Waals surface area contributed by atoms with Gasteiger partial charge in [-0.15, -0.1) is 11.3 Å². The van der Waals surface area contributed by atoms with Gasteiger partial charge in [-0.3, -0.25) is 9.59 Å². The minimum Gasteiger partial charge on any atom is -0.462 e. The Morgan fingerprint density at radius 3 is 2.52 bits per heavy atom. The Morgan fingerprint density at radius 1 is 1.38 bits per heavy atom. The SMILES string of the molecule is CCOC(=O)c1c(NC(=O)C2CCC2)sc(C(N)=O)c1C. The molecule has 1 heterocycles. The van der Waals surface area contributed by atoms with Crippen molar-refractivity contribution in [2.45, 2.75) is 33.1 Å². The van der Waals surface area contributed by atoms with Crippen molar-refractivity contribution in [2.75, 3.05) is 11.9 Å². The summed E-state index contributed by atoms with van der Waals surface area (Å²) in [6, 6.07) is 0. The molecule has 2 amide bonds. The van der Waals surface area contributed by atoms with E-state index in [2.05, 4.69) is 5.32 Å². The molecule has 0 spiro atoms. The van der Waals surface area contributed by atoms with Gasteiger partial charge < -0.3 is 15.8 Å². The second kappa shape index (κ2) is 6.26. The highest BCUT2D eigenvalue weighted by Crippen LogP contribution is 2.35. The highest BCUT2D eigenvalue weighted by atomic mass is 32.1. The molecule has 0 aromatic carbocycles. The molecule has 1 fully saturated rings. The van der Waals surface area contributed by atoms with Gasteiger partial charge in [-0.25, -0.2) is 4.79 Å². The molecule has 1 aliphatic carbocycles. The molecule has 2 rings (SSSR count). The molecule has 0 atom stereocenters. The predicted molar refractivity (Wildman–Crippen MR) is 79.5 cm³/mol. The average molecular weight is 310 g/mol. The third-order valence-corrected chi connectivity index (χ3v) is 4.78. The van der Waals surface area contributed by atoms with E-state index in [-0.39, 0.29) is 28.9 Å². The van der Waals surface area contributed by atoms with Crippen molar-refractivity contribution in [2.24, 2.45) is 11.7 Å². The van der Waals surface area contributed by atoms with E-state index in [1.165, 1.54) is 0 Å². The monoisotopic (exact) mass is 310 g/mol. The lowest BCUT2D eigenvalue weighted by molar-refractivity contribution is -0.122. The number of esters is 1. The number of hydrogen-bond acceptors (Lipinski definition) is 5. The number of anilines is 1. The summed E-state index contributed by atoms with van der Waals surface area (Å²) in [6.07, 6.45) is 2.75. The van der Waals surface area contributed by atoms with Crippen molar-refractivity contribution in [1.29, 1.82) is 0 Å². The summed E-state index contributed by atoms with van der Waals surface area (Å²) in [5.41, 5.74) is 5.98. The fourth-order valence-corrected chi connectivity index (χ4v) is 3.22. The van der Waals surface area contributed by atoms with E-state index in [0.29, 0.717) is 10.6 Å². The summed E-state index contributed by atoms with van der Waals surface area (Å²) in [4.78, 5) is 35.8. The van der Waals surface area contributed by atoms with Gasteiger partial charge in [-0.2, -0.15) is 0 Å². The van der Waals surface area contributed by atoms with Gasteiger partial charge in [0, 0.05) is 5.92 Å². The summed E-state index contributed by atoms with van der Waals surface area (Å²) in [5, 5.41) is 3.08. The van der Waals surface area contributed by atoms with Crippen LogP contribution in [0.15, 0.2) is 0 Å². The third-order valence-electron chi connectivity index (χ3n) is 3.56. The molecule has 1 aromatic rings. The summed E-state index contributed by atoms with van der Waals surface area (Å²) in [6.45, 7) is 3.54. The number of nitrogens with one attached hydrogen (secondary N) is 1. The van der Waals surface area contributed by atoms with Crippen molar-refractivity contribution in [3.05, 3.63) is 16.0 Å². The number of carbonyl (C=O) groups is 3. The zero-order chi connectivity index (χ0) is 15.6. The summed E-state index contributed by atoms with van der Waals surface area (Å²) >= 11 is 1.02. The molecular formula is C14H18N2O4S. The summed E-state index contributed by atoms with van der Waals surface area (Å²) in [7, 11) is 0.